The van der Waals surface area contributed by atoms with Crippen LogP contribution in [0.3, 0.4) is 0 Å². The standard InChI is InChI=1S/C19H22N4O3/c20-17(13-7-10-26-11-8-13)19(25)22-15-5-3-4-14(12-15)18(24)23-16-6-1-2-9-21-16/h1-6,9,12-13,17H,7-8,10-11,20H2,(H,22,25)(H,21,23,24). The smallest absolute Gasteiger partial charge is 0.256 e. The Bertz CT molecular complexity index is 760. The van der Waals surface area contributed by atoms with Crippen molar-refractivity contribution in [1.82, 2.24) is 4.98 Å². The third-order valence-corrected chi connectivity index (χ3v) is 4.38. The molecule has 2 heterocycles. The van der Waals surface area contributed by atoms with E-state index in [2.05, 4.69) is 15.6 Å². The molecule has 3 rings (SSSR count). The Labute approximate surface area is 151 Å². The van der Waals surface area contributed by atoms with Crippen molar-refractivity contribution in [3.8, 4) is 0 Å². The van der Waals surface area contributed by atoms with E-state index in [1.54, 1.807) is 48.7 Å². The molecule has 1 saturated heterocycles. The summed E-state index contributed by atoms with van der Waals surface area (Å²) < 4.78 is 5.30. The molecule has 2 amide bonds. The number of carbonyl (C=O) groups is 2. The van der Waals surface area contributed by atoms with E-state index in [9.17, 15) is 9.59 Å². The van der Waals surface area contributed by atoms with E-state index in [1.165, 1.54) is 0 Å². The number of rotatable bonds is 5. The molecule has 4 N–H and O–H groups in total. The van der Waals surface area contributed by atoms with Crippen molar-refractivity contribution in [3.05, 3.63) is 54.2 Å². The molecule has 1 aromatic heterocycles. The number of nitrogens with zero attached hydrogens (tertiary/aromatic N) is 1. The molecule has 26 heavy (non-hydrogen) atoms. The van der Waals surface area contributed by atoms with Crippen LogP contribution in [-0.2, 0) is 9.53 Å². The highest BCUT2D eigenvalue weighted by atomic mass is 16.5. The molecular formula is C19H22N4O3. The number of amides is 2. The maximum atomic E-state index is 12.4. The summed E-state index contributed by atoms with van der Waals surface area (Å²) in [5, 5.41) is 5.51. The zero-order valence-electron chi connectivity index (χ0n) is 14.4. The second-order valence-corrected chi connectivity index (χ2v) is 6.21. The quantitative estimate of drug-likeness (QED) is 0.762. The Balaban J connectivity index is 1.63. The Kier molecular flexibility index (Phi) is 5.93. The van der Waals surface area contributed by atoms with E-state index in [4.69, 9.17) is 10.5 Å². The fourth-order valence-electron chi connectivity index (χ4n) is 2.88. The number of nitrogens with two attached hydrogens (primary N) is 1. The van der Waals surface area contributed by atoms with Crippen molar-refractivity contribution < 1.29 is 14.3 Å². The van der Waals surface area contributed by atoms with Crippen molar-refractivity contribution in [2.45, 2.75) is 18.9 Å². The third-order valence-electron chi connectivity index (χ3n) is 4.38. The predicted molar refractivity (Wildman–Crippen MR) is 98.8 cm³/mol. The number of pyridine rings is 1. The lowest BCUT2D eigenvalue weighted by Gasteiger charge is -2.26. The van der Waals surface area contributed by atoms with E-state index < -0.39 is 6.04 Å². The van der Waals surface area contributed by atoms with Gasteiger partial charge in [0.05, 0.1) is 6.04 Å². The van der Waals surface area contributed by atoms with Gasteiger partial charge in [0.2, 0.25) is 5.91 Å². The molecule has 7 nitrogen and oxygen atoms in total. The average Bonchev–Trinajstić information content (AvgIpc) is 2.69. The predicted octanol–water partition coefficient (Wildman–Crippen LogP) is 2.03. The molecule has 0 spiro atoms. The Hall–Kier alpha value is -2.77. The zero-order valence-corrected chi connectivity index (χ0v) is 14.4. The molecule has 0 aliphatic carbocycles. The van der Waals surface area contributed by atoms with Gasteiger partial charge in [-0.3, -0.25) is 9.59 Å². The summed E-state index contributed by atoms with van der Waals surface area (Å²) in [5.41, 5.74) is 7.04. The monoisotopic (exact) mass is 354 g/mol. The van der Waals surface area contributed by atoms with Gasteiger partial charge in [-0.1, -0.05) is 12.1 Å². The van der Waals surface area contributed by atoms with Crippen molar-refractivity contribution in [3.63, 3.8) is 0 Å². The number of benzene rings is 1. The van der Waals surface area contributed by atoms with Crippen LogP contribution in [-0.4, -0.2) is 36.1 Å². The largest absolute Gasteiger partial charge is 0.381 e. The summed E-state index contributed by atoms with van der Waals surface area (Å²) in [5.74, 6) is 0.0283. The molecule has 0 bridgehead atoms. The fourth-order valence-corrected chi connectivity index (χ4v) is 2.88. The number of ether oxygens (including phenoxy) is 1. The minimum Gasteiger partial charge on any atom is -0.381 e. The number of hydrogen-bond donors (Lipinski definition) is 3. The van der Waals surface area contributed by atoms with E-state index in [1.807, 2.05) is 0 Å². The Morgan fingerprint density at radius 3 is 2.65 bits per heavy atom. The maximum Gasteiger partial charge on any atom is 0.256 e. The SMILES string of the molecule is NC(C(=O)Nc1cccc(C(=O)Nc2ccccn2)c1)C1CCOCC1. The fraction of sp³-hybridized carbons (Fsp3) is 0.316. The summed E-state index contributed by atoms with van der Waals surface area (Å²) in [4.78, 5) is 28.8. The van der Waals surface area contributed by atoms with Gasteiger partial charge in [0, 0.05) is 30.7 Å². The molecule has 1 aromatic carbocycles. The van der Waals surface area contributed by atoms with Gasteiger partial charge in [0.25, 0.3) is 5.91 Å². The van der Waals surface area contributed by atoms with Gasteiger partial charge >= 0.3 is 0 Å². The molecule has 1 atom stereocenters. The first-order valence-electron chi connectivity index (χ1n) is 8.60. The number of hydrogen-bond acceptors (Lipinski definition) is 5. The molecule has 136 valence electrons. The van der Waals surface area contributed by atoms with Crippen LogP contribution in [0.2, 0.25) is 0 Å². The van der Waals surface area contributed by atoms with E-state index in [0.29, 0.717) is 30.3 Å². The van der Waals surface area contributed by atoms with Gasteiger partial charge in [-0.25, -0.2) is 4.98 Å². The summed E-state index contributed by atoms with van der Waals surface area (Å²) >= 11 is 0. The Morgan fingerprint density at radius 2 is 1.92 bits per heavy atom. The van der Waals surface area contributed by atoms with Crippen LogP contribution in [0, 0.1) is 5.92 Å². The number of aromatic nitrogens is 1. The molecule has 2 aromatic rings. The van der Waals surface area contributed by atoms with E-state index >= 15 is 0 Å². The molecule has 1 unspecified atom stereocenters. The highest BCUT2D eigenvalue weighted by Gasteiger charge is 2.26. The van der Waals surface area contributed by atoms with Gasteiger partial charge in [0.15, 0.2) is 0 Å². The second kappa shape index (κ2) is 8.55. The molecular weight excluding hydrogens is 332 g/mol. The van der Waals surface area contributed by atoms with Gasteiger partial charge < -0.3 is 21.1 Å². The minimum atomic E-state index is -0.593. The van der Waals surface area contributed by atoms with Crippen LogP contribution in [0.4, 0.5) is 11.5 Å². The lowest BCUT2D eigenvalue weighted by molar-refractivity contribution is -0.119. The van der Waals surface area contributed by atoms with Crippen LogP contribution in [0.1, 0.15) is 23.2 Å². The van der Waals surface area contributed by atoms with Crippen LogP contribution in [0.25, 0.3) is 0 Å². The molecule has 1 aliphatic rings. The first-order valence-corrected chi connectivity index (χ1v) is 8.60. The van der Waals surface area contributed by atoms with Crippen molar-refractivity contribution in [1.29, 1.82) is 0 Å². The average molecular weight is 354 g/mol. The molecule has 1 fully saturated rings. The second-order valence-electron chi connectivity index (χ2n) is 6.21. The van der Waals surface area contributed by atoms with Crippen LogP contribution >= 0.6 is 0 Å². The zero-order chi connectivity index (χ0) is 18.4. The molecule has 0 saturated carbocycles. The molecule has 0 radical (unpaired) electrons. The Morgan fingerprint density at radius 1 is 1.12 bits per heavy atom. The summed E-state index contributed by atoms with van der Waals surface area (Å²) in [6.45, 7) is 1.27. The van der Waals surface area contributed by atoms with Crippen LogP contribution in [0.15, 0.2) is 48.7 Å². The minimum absolute atomic E-state index is 0.111. The lowest BCUT2D eigenvalue weighted by Crippen LogP contribution is -2.44. The van der Waals surface area contributed by atoms with Gasteiger partial charge in [0.1, 0.15) is 5.82 Å². The van der Waals surface area contributed by atoms with Crippen molar-refractivity contribution in [2.75, 3.05) is 23.8 Å². The van der Waals surface area contributed by atoms with E-state index in [0.717, 1.165) is 12.8 Å². The summed E-state index contributed by atoms with van der Waals surface area (Å²) in [6, 6.07) is 11.4. The first kappa shape index (κ1) is 18.0. The van der Waals surface area contributed by atoms with E-state index in [-0.39, 0.29) is 17.7 Å². The van der Waals surface area contributed by atoms with Crippen LogP contribution < -0.4 is 16.4 Å². The summed E-state index contributed by atoms with van der Waals surface area (Å²) in [6.07, 6.45) is 3.16. The van der Waals surface area contributed by atoms with Crippen molar-refractivity contribution in [2.24, 2.45) is 11.7 Å². The topological polar surface area (TPSA) is 106 Å². The van der Waals surface area contributed by atoms with Crippen molar-refractivity contribution >= 4 is 23.3 Å². The summed E-state index contributed by atoms with van der Waals surface area (Å²) in [7, 11) is 0. The first-order chi connectivity index (χ1) is 12.6. The number of anilines is 2. The molecule has 1 aliphatic heterocycles. The highest BCUT2D eigenvalue weighted by Crippen LogP contribution is 2.19. The third kappa shape index (κ3) is 4.65. The lowest BCUT2D eigenvalue weighted by atomic mass is 9.92. The maximum absolute atomic E-state index is 12.4. The number of nitrogens with one attached hydrogen (secondary N) is 2. The van der Waals surface area contributed by atoms with Gasteiger partial charge in [-0.05, 0) is 49.1 Å². The van der Waals surface area contributed by atoms with Crippen LogP contribution in [0.5, 0.6) is 0 Å². The highest BCUT2D eigenvalue weighted by molar-refractivity contribution is 6.05. The van der Waals surface area contributed by atoms with Gasteiger partial charge in [-0.2, -0.15) is 0 Å². The number of carbonyl (C=O) groups excluding carboxylic acids is 2. The molecule has 7 heteroatoms. The normalized spacial score (nSPS) is 15.9. The van der Waals surface area contributed by atoms with Gasteiger partial charge in [-0.15, -0.1) is 0 Å².